The van der Waals surface area contributed by atoms with Gasteiger partial charge in [0.05, 0.1) is 41.3 Å². The molecule has 0 aliphatic rings. The van der Waals surface area contributed by atoms with Crippen molar-refractivity contribution in [2.45, 2.75) is 64.5 Å². The van der Waals surface area contributed by atoms with Crippen molar-refractivity contribution in [3.63, 3.8) is 0 Å². The number of nitrogens with zero attached hydrogens (tertiary/aromatic N) is 2. The van der Waals surface area contributed by atoms with Gasteiger partial charge in [-0.2, -0.15) is 0 Å². The largest absolute Gasteiger partial charge is 0.331 e. The number of unbranched alkanes of at least 4 members (excludes halogenated alkanes) is 7. The van der Waals surface area contributed by atoms with E-state index in [9.17, 15) is 0 Å². The van der Waals surface area contributed by atoms with E-state index in [2.05, 4.69) is 88.9 Å². The molecule has 0 bridgehead atoms. The van der Waals surface area contributed by atoms with Crippen molar-refractivity contribution in [1.82, 2.24) is 0 Å². The van der Waals surface area contributed by atoms with Gasteiger partial charge in [0.25, 0.3) is 0 Å². The molecule has 0 aliphatic heterocycles. The van der Waals surface area contributed by atoms with Gasteiger partial charge in [0.15, 0.2) is 0 Å². The average Bonchev–Trinajstić information content (AvgIpc) is 2.70. The van der Waals surface area contributed by atoms with E-state index in [-0.39, 0.29) is 0 Å². The molecule has 0 N–H and O–H groups in total. The average molecular weight is 411 g/mol. The van der Waals surface area contributed by atoms with Gasteiger partial charge < -0.3 is 8.97 Å². The molecule has 166 valence electrons. The molecule has 0 radical (unpaired) electrons. The molecule has 0 aromatic heterocycles. The highest BCUT2D eigenvalue weighted by atomic mass is 15.3. The second kappa shape index (κ2) is 12.9. The highest BCUT2D eigenvalue weighted by molar-refractivity contribution is 5.15. The molecule has 0 amide bonds. The number of quaternary nitrogens is 2. The molecule has 2 aromatic rings. The van der Waals surface area contributed by atoms with Crippen molar-refractivity contribution in [2.75, 3.05) is 41.3 Å². The van der Waals surface area contributed by atoms with E-state index in [0.717, 1.165) is 22.1 Å². The fraction of sp³-hybridized carbons (Fsp3) is 0.571. The van der Waals surface area contributed by atoms with Crippen molar-refractivity contribution < 1.29 is 8.97 Å². The van der Waals surface area contributed by atoms with Crippen LogP contribution in [0.2, 0.25) is 0 Å². The molecule has 2 heteroatoms. The third-order valence-electron chi connectivity index (χ3n) is 6.09. The van der Waals surface area contributed by atoms with Crippen molar-refractivity contribution in [3.05, 3.63) is 71.8 Å². The van der Waals surface area contributed by atoms with Crippen LogP contribution in [0.5, 0.6) is 0 Å². The Bertz CT molecular complexity index is 631. The molecule has 2 rings (SSSR count). The molecule has 0 saturated heterocycles. The van der Waals surface area contributed by atoms with Crippen LogP contribution < -0.4 is 0 Å². The van der Waals surface area contributed by atoms with Gasteiger partial charge >= 0.3 is 0 Å². The molecule has 0 spiro atoms. The molecule has 2 nitrogen and oxygen atoms in total. The summed E-state index contributed by atoms with van der Waals surface area (Å²) in [6.07, 6.45) is 11.1. The Morgan fingerprint density at radius 2 is 0.833 bits per heavy atom. The molecule has 0 saturated carbocycles. The van der Waals surface area contributed by atoms with Gasteiger partial charge in [-0.25, -0.2) is 0 Å². The van der Waals surface area contributed by atoms with Gasteiger partial charge in [-0.05, 0) is 25.7 Å². The zero-order valence-electron chi connectivity index (χ0n) is 20.2. The van der Waals surface area contributed by atoms with Crippen LogP contribution in [0.25, 0.3) is 0 Å². The maximum Gasteiger partial charge on any atom is 0.104 e. The molecular formula is C28H46N2+2. The lowest BCUT2D eigenvalue weighted by Crippen LogP contribution is -2.43. The van der Waals surface area contributed by atoms with Crippen molar-refractivity contribution in [2.24, 2.45) is 0 Å². The van der Waals surface area contributed by atoms with Gasteiger partial charge in [0.1, 0.15) is 13.1 Å². The molecule has 30 heavy (non-hydrogen) atoms. The maximum atomic E-state index is 2.44. The standard InChI is InChI=1S/C28H46N2/c1-29(2,3)23-17-9-7-5-6-8-10-18-24-30(4,25-27-19-13-11-14-20-27)26-28-21-15-12-16-22-28/h11-16,19-22H,5-10,17-18,23-26H2,1-4H3/q+2. The number of benzene rings is 2. The van der Waals surface area contributed by atoms with Crippen LogP contribution in [0.3, 0.4) is 0 Å². The highest BCUT2D eigenvalue weighted by Crippen LogP contribution is 2.19. The lowest BCUT2D eigenvalue weighted by molar-refractivity contribution is -0.935. The zero-order chi connectivity index (χ0) is 21.7. The normalized spacial score (nSPS) is 12.3. The van der Waals surface area contributed by atoms with Gasteiger partial charge in [-0.15, -0.1) is 0 Å². The first-order valence-corrected chi connectivity index (χ1v) is 12.1. The van der Waals surface area contributed by atoms with Crippen molar-refractivity contribution in [1.29, 1.82) is 0 Å². The van der Waals surface area contributed by atoms with E-state index in [0.29, 0.717) is 0 Å². The van der Waals surface area contributed by atoms with Crippen LogP contribution in [-0.4, -0.2) is 50.2 Å². The third-order valence-corrected chi connectivity index (χ3v) is 6.09. The van der Waals surface area contributed by atoms with Crippen molar-refractivity contribution in [3.8, 4) is 0 Å². The highest BCUT2D eigenvalue weighted by Gasteiger charge is 2.22. The monoisotopic (exact) mass is 410 g/mol. The summed E-state index contributed by atoms with van der Waals surface area (Å²) in [5.41, 5.74) is 2.90. The Balaban J connectivity index is 1.70. The summed E-state index contributed by atoms with van der Waals surface area (Å²) in [4.78, 5) is 0. The van der Waals surface area contributed by atoms with Gasteiger partial charge in [-0.3, -0.25) is 0 Å². The zero-order valence-corrected chi connectivity index (χ0v) is 20.2. The molecule has 0 heterocycles. The first-order valence-electron chi connectivity index (χ1n) is 12.1. The van der Waals surface area contributed by atoms with Crippen LogP contribution in [0.15, 0.2) is 60.7 Å². The Morgan fingerprint density at radius 1 is 0.467 bits per heavy atom. The minimum absolute atomic E-state index is 1.10. The van der Waals surface area contributed by atoms with E-state index in [1.165, 1.54) is 75.6 Å². The minimum Gasteiger partial charge on any atom is -0.331 e. The van der Waals surface area contributed by atoms with Crippen LogP contribution in [-0.2, 0) is 13.1 Å². The molecule has 0 fully saturated rings. The number of hydrogen-bond donors (Lipinski definition) is 0. The Hall–Kier alpha value is -1.64. The fourth-order valence-electron chi connectivity index (χ4n) is 4.40. The van der Waals surface area contributed by atoms with Crippen LogP contribution in [0, 0.1) is 0 Å². The van der Waals surface area contributed by atoms with E-state index in [4.69, 9.17) is 0 Å². The van der Waals surface area contributed by atoms with Crippen LogP contribution in [0.4, 0.5) is 0 Å². The third kappa shape index (κ3) is 10.9. The minimum atomic E-state index is 1.10. The Morgan fingerprint density at radius 3 is 1.23 bits per heavy atom. The predicted octanol–water partition coefficient (Wildman–Crippen LogP) is 6.66. The lowest BCUT2D eigenvalue weighted by atomic mass is 10.1. The summed E-state index contributed by atoms with van der Waals surface area (Å²) in [6, 6.07) is 22.0. The lowest BCUT2D eigenvalue weighted by Gasteiger charge is -2.35. The van der Waals surface area contributed by atoms with E-state index >= 15 is 0 Å². The molecule has 2 aromatic carbocycles. The second-order valence-corrected chi connectivity index (χ2v) is 10.5. The topological polar surface area (TPSA) is 0 Å². The van der Waals surface area contributed by atoms with Gasteiger partial charge in [-0.1, -0.05) is 86.3 Å². The molecule has 0 atom stereocenters. The van der Waals surface area contributed by atoms with E-state index < -0.39 is 0 Å². The summed E-state index contributed by atoms with van der Waals surface area (Å²) in [7, 11) is 9.32. The van der Waals surface area contributed by atoms with Gasteiger partial charge in [0.2, 0.25) is 0 Å². The molecular weight excluding hydrogens is 364 g/mol. The number of hydrogen-bond acceptors (Lipinski definition) is 0. The summed E-state index contributed by atoms with van der Waals surface area (Å²) in [5.74, 6) is 0. The Labute approximate surface area is 186 Å². The molecule has 0 aliphatic carbocycles. The maximum absolute atomic E-state index is 2.44. The van der Waals surface area contributed by atoms with Crippen LogP contribution >= 0.6 is 0 Å². The Kier molecular flexibility index (Phi) is 10.6. The quantitative estimate of drug-likeness (QED) is 0.227. The smallest absolute Gasteiger partial charge is 0.104 e. The summed E-state index contributed by atoms with van der Waals surface area (Å²) in [5, 5.41) is 0. The molecule has 0 unspecified atom stereocenters. The number of rotatable bonds is 15. The fourth-order valence-corrected chi connectivity index (χ4v) is 4.40. The summed E-state index contributed by atoms with van der Waals surface area (Å²) >= 11 is 0. The van der Waals surface area contributed by atoms with E-state index in [1.54, 1.807) is 0 Å². The SMILES string of the molecule is C[N+](C)(C)CCCCCCCCCC[N+](C)(Cc1ccccc1)Cc1ccccc1. The van der Waals surface area contributed by atoms with Gasteiger partial charge in [0, 0.05) is 11.1 Å². The second-order valence-electron chi connectivity index (χ2n) is 10.5. The summed E-state index contributed by atoms with van der Waals surface area (Å²) in [6.45, 7) is 4.79. The predicted molar refractivity (Wildman–Crippen MR) is 131 cm³/mol. The van der Waals surface area contributed by atoms with Crippen LogP contribution in [0.1, 0.15) is 62.5 Å². The summed E-state index contributed by atoms with van der Waals surface area (Å²) < 4.78 is 2.20. The van der Waals surface area contributed by atoms with E-state index in [1.807, 2.05) is 0 Å². The first-order chi connectivity index (χ1) is 14.4. The first kappa shape index (κ1) is 24.6. The van der Waals surface area contributed by atoms with Crippen molar-refractivity contribution >= 4 is 0 Å².